The summed E-state index contributed by atoms with van der Waals surface area (Å²) in [6.07, 6.45) is 2.00. The highest BCUT2D eigenvalue weighted by Gasteiger charge is 2.17. The van der Waals surface area contributed by atoms with Crippen molar-refractivity contribution in [3.8, 4) is 6.01 Å². The third-order valence-electron chi connectivity index (χ3n) is 3.71. The van der Waals surface area contributed by atoms with Crippen LogP contribution in [-0.4, -0.2) is 42.2 Å². The Morgan fingerprint density at radius 2 is 1.71 bits per heavy atom. The molecule has 0 bridgehead atoms. The van der Waals surface area contributed by atoms with E-state index in [2.05, 4.69) is 49.4 Å². The normalized spacial score (nSPS) is 14.3. The van der Waals surface area contributed by atoms with Gasteiger partial charge in [0, 0.05) is 20.1 Å². The molecule has 6 nitrogen and oxygen atoms in total. The largest absolute Gasteiger partial charge is 0.467 e. The summed E-state index contributed by atoms with van der Waals surface area (Å²) in [7, 11) is 3.35. The number of anilines is 2. The summed E-state index contributed by atoms with van der Waals surface area (Å²) in [4.78, 5) is 15.1. The smallest absolute Gasteiger partial charge is 0.322 e. The second-order valence-corrected chi connectivity index (χ2v) is 4.95. The molecule has 110 valence electrons. The van der Waals surface area contributed by atoms with Gasteiger partial charge in [0.05, 0.1) is 7.11 Å². The molecule has 0 unspecified atom stereocenters. The third kappa shape index (κ3) is 2.89. The lowest BCUT2D eigenvalue weighted by Crippen LogP contribution is -2.28. The molecule has 1 aliphatic rings. The Kier molecular flexibility index (Phi) is 3.85. The second kappa shape index (κ2) is 5.95. The predicted molar refractivity (Wildman–Crippen MR) is 82.0 cm³/mol. The van der Waals surface area contributed by atoms with Crippen molar-refractivity contribution in [1.29, 1.82) is 0 Å². The number of hydrogen-bond acceptors (Lipinski definition) is 6. The van der Waals surface area contributed by atoms with E-state index in [0.717, 1.165) is 25.9 Å². The first-order valence-corrected chi connectivity index (χ1v) is 7.09. The summed E-state index contributed by atoms with van der Waals surface area (Å²) in [5.74, 6) is 1.19. The van der Waals surface area contributed by atoms with Gasteiger partial charge >= 0.3 is 6.01 Å². The van der Waals surface area contributed by atoms with E-state index in [1.807, 2.05) is 0 Å². The van der Waals surface area contributed by atoms with Crippen molar-refractivity contribution in [3.63, 3.8) is 0 Å². The summed E-state index contributed by atoms with van der Waals surface area (Å²) in [5.41, 5.74) is 2.82. The van der Waals surface area contributed by atoms with E-state index in [1.54, 1.807) is 14.2 Å². The van der Waals surface area contributed by atoms with E-state index in [-0.39, 0.29) is 0 Å². The average molecular weight is 285 g/mol. The molecule has 1 aliphatic heterocycles. The summed E-state index contributed by atoms with van der Waals surface area (Å²) in [5, 5.41) is 2.95. The topological polar surface area (TPSA) is 63.2 Å². The quantitative estimate of drug-likeness (QED) is 0.922. The highest BCUT2D eigenvalue weighted by atomic mass is 16.5. The van der Waals surface area contributed by atoms with Crippen LogP contribution in [0.15, 0.2) is 24.3 Å². The molecule has 1 aromatic carbocycles. The van der Waals surface area contributed by atoms with E-state index < -0.39 is 0 Å². The maximum Gasteiger partial charge on any atom is 0.322 e. The van der Waals surface area contributed by atoms with Crippen molar-refractivity contribution in [2.75, 3.05) is 37.5 Å². The number of nitrogens with one attached hydrogen (secondary N) is 1. The highest BCUT2D eigenvalue weighted by molar-refractivity contribution is 5.40. The van der Waals surface area contributed by atoms with Crippen LogP contribution in [-0.2, 0) is 12.8 Å². The van der Waals surface area contributed by atoms with Crippen LogP contribution in [0.25, 0.3) is 0 Å². The number of ether oxygens (including phenoxy) is 1. The van der Waals surface area contributed by atoms with E-state index >= 15 is 0 Å². The van der Waals surface area contributed by atoms with Crippen molar-refractivity contribution in [2.45, 2.75) is 12.8 Å². The fourth-order valence-electron chi connectivity index (χ4n) is 2.56. The Balaban J connectivity index is 1.85. The molecular weight excluding hydrogens is 266 g/mol. The summed E-state index contributed by atoms with van der Waals surface area (Å²) in [6.45, 7) is 1.79. The van der Waals surface area contributed by atoms with E-state index in [4.69, 9.17) is 4.74 Å². The molecule has 0 spiro atoms. The number of rotatable bonds is 3. The maximum absolute atomic E-state index is 5.15. The average Bonchev–Trinajstić information content (AvgIpc) is 2.77. The number of aromatic nitrogens is 3. The lowest BCUT2D eigenvalue weighted by atomic mass is 10.0. The van der Waals surface area contributed by atoms with Crippen molar-refractivity contribution >= 4 is 11.9 Å². The van der Waals surface area contributed by atoms with Crippen LogP contribution in [0.5, 0.6) is 6.01 Å². The molecule has 1 aromatic heterocycles. The van der Waals surface area contributed by atoms with Gasteiger partial charge in [-0.05, 0) is 24.0 Å². The standard InChI is InChI=1S/C15H19N5O/c1-16-13-17-14(19-15(18-13)21-2)20-9-7-11-5-3-4-6-12(11)8-10-20/h3-6H,7-10H2,1-2H3,(H,16,17,18,19). The van der Waals surface area contributed by atoms with Crippen LogP contribution in [0.1, 0.15) is 11.1 Å². The Labute approximate surface area is 124 Å². The molecule has 21 heavy (non-hydrogen) atoms. The Hall–Kier alpha value is -2.37. The fraction of sp³-hybridized carbons (Fsp3) is 0.400. The van der Waals surface area contributed by atoms with Gasteiger partial charge in [-0.2, -0.15) is 15.0 Å². The first-order chi connectivity index (χ1) is 10.3. The molecule has 0 aliphatic carbocycles. The van der Waals surface area contributed by atoms with Gasteiger partial charge in [0.2, 0.25) is 11.9 Å². The summed E-state index contributed by atoms with van der Waals surface area (Å²) in [6, 6.07) is 8.93. The molecule has 0 amide bonds. The van der Waals surface area contributed by atoms with E-state index in [1.165, 1.54) is 11.1 Å². The molecule has 0 fully saturated rings. The van der Waals surface area contributed by atoms with Crippen LogP contribution in [0.2, 0.25) is 0 Å². The lowest BCUT2D eigenvalue weighted by molar-refractivity contribution is 0.378. The van der Waals surface area contributed by atoms with E-state index in [9.17, 15) is 0 Å². The molecule has 0 saturated heterocycles. The number of benzene rings is 1. The second-order valence-electron chi connectivity index (χ2n) is 4.95. The van der Waals surface area contributed by atoms with Gasteiger partial charge in [0.15, 0.2) is 0 Å². The Morgan fingerprint density at radius 3 is 2.29 bits per heavy atom. The molecule has 0 saturated carbocycles. The van der Waals surface area contributed by atoms with E-state index in [0.29, 0.717) is 17.9 Å². The number of hydrogen-bond donors (Lipinski definition) is 1. The maximum atomic E-state index is 5.15. The zero-order chi connectivity index (χ0) is 14.7. The number of methoxy groups -OCH3 is 1. The van der Waals surface area contributed by atoms with Crippen LogP contribution in [0.4, 0.5) is 11.9 Å². The minimum Gasteiger partial charge on any atom is -0.467 e. The van der Waals surface area contributed by atoms with Gasteiger partial charge < -0.3 is 15.0 Å². The molecule has 2 heterocycles. The first-order valence-electron chi connectivity index (χ1n) is 7.09. The molecular formula is C15H19N5O. The first kappa shape index (κ1) is 13.6. The van der Waals surface area contributed by atoms with Crippen LogP contribution in [0.3, 0.4) is 0 Å². The van der Waals surface area contributed by atoms with Gasteiger partial charge in [-0.15, -0.1) is 0 Å². The third-order valence-corrected chi connectivity index (χ3v) is 3.71. The van der Waals surface area contributed by atoms with Gasteiger partial charge in [-0.3, -0.25) is 0 Å². The summed E-state index contributed by atoms with van der Waals surface area (Å²) >= 11 is 0. The van der Waals surface area contributed by atoms with Crippen molar-refractivity contribution in [3.05, 3.63) is 35.4 Å². The lowest BCUT2D eigenvalue weighted by Gasteiger charge is -2.20. The Morgan fingerprint density at radius 1 is 1.05 bits per heavy atom. The minimum absolute atomic E-state index is 0.339. The van der Waals surface area contributed by atoms with Crippen molar-refractivity contribution < 1.29 is 4.74 Å². The zero-order valence-corrected chi connectivity index (χ0v) is 12.3. The monoisotopic (exact) mass is 285 g/mol. The van der Waals surface area contributed by atoms with Crippen LogP contribution >= 0.6 is 0 Å². The predicted octanol–water partition coefficient (Wildman–Crippen LogP) is 1.53. The molecule has 0 atom stereocenters. The summed E-state index contributed by atoms with van der Waals surface area (Å²) < 4.78 is 5.15. The number of nitrogens with zero attached hydrogens (tertiary/aromatic N) is 4. The van der Waals surface area contributed by atoms with Gasteiger partial charge in [0.1, 0.15) is 0 Å². The molecule has 6 heteroatoms. The SMILES string of the molecule is CNc1nc(OC)nc(N2CCc3ccccc3CC2)n1. The van der Waals surface area contributed by atoms with Crippen molar-refractivity contribution in [2.24, 2.45) is 0 Å². The Bertz CT molecular complexity index is 582. The molecule has 2 aromatic rings. The van der Waals surface area contributed by atoms with Gasteiger partial charge in [-0.25, -0.2) is 0 Å². The fourth-order valence-corrected chi connectivity index (χ4v) is 2.56. The minimum atomic E-state index is 0.339. The van der Waals surface area contributed by atoms with Gasteiger partial charge in [0.25, 0.3) is 0 Å². The molecule has 1 N–H and O–H groups in total. The number of fused-ring (bicyclic) bond motifs is 1. The molecule has 3 rings (SSSR count). The van der Waals surface area contributed by atoms with Crippen LogP contribution < -0.4 is 15.0 Å². The van der Waals surface area contributed by atoms with Gasteiger partial charge in [-0.1, -0.05) is 24.3 Å². The highest BCUT2D eigenvalue weighted by Crippen LogP contribution is 2.20. The van der Waals surface area contributed by atoms with Crippen molar-refractivity contribution in [1.82, 2.24) is 15.0 Å². The zero-order valence-electron chi connectivity index (χ0n) is 12.3. The van der Waals surface area contributed by atoms with Crippen LogP contribution in [0, 0.1) is 0 Å². The molecule has 0 radical (unpaired) electrons.